The molecule has 1 N–H and O–H groups in total. The number of nitrogens with zero attached hydrogens (tertiary/aromatic N) is 3. The normalized spacial score (nSPS) is 14.1. The first-order valence-electron chi connectivity index (χ1n) is 7.75. The molecule has 0 spiro atoms. The fourth-order valence-electron chi connectivity index (χ4n) is 3.07. The molecule has 0 bridgehead atoms. The van der Waals surface area contributed by atoms with Crippen molar-refractivity contribution >= 4 is 27.4 Å². The van der Waals surface area contributed by atoms with Gasteiger partial charge in [0.25, 0.3) is 0 Å². The Kier molecular flexibility index (Phi) is 4.59. The summed E-state index contributed by atoms with van der Waals surface area (Å²) in [5.74, 6) is 0.912. The summed E-state index contributed by atoms with van der Waals surface area (Å²) < 4.78 is 0. The second kappa shape index (κ2) is 6.64. The van der Waals surface area contributed by atoms with Crippen molar-refractivity contribution in [2.24, 2.45) is 0 Å². The summed E-state index contributed by atoms with van der Waals surface area (Å²) in [4.78, 5) is 13.4. The molecule has 0 saturated heterocycles. The number of anilines is 1. The monoisotopic (exact) mass is 326 g/mol. The number of nitrogens with one attached hydrogen (secondary N) is 1. The minimum Gasteiger partial charge on any atom is -0.365 e. The summed E-state index contributed by atoms with van der Waals surface area (Å²) >= 11 is 1.70. The topological polar surface area (TPSA) is 41.0 Å². The van der Waals surface area contributed by atoms with E-state index in [2.05, 4.69) is 84.5 Å². The van der Waals surface area contributed by atoms with Crippen LogP contribution < -0.4 is 5.32 Å². The van der Waals surface area contributed by atoms with Crippen LogP contribution in [0.4, 0.5) is 5.82 Å². The van der Waals surface area contributed by atoms with Crippen LogP contribution in [0.1, 0.15) is 23.4 Å². The van der Waals surface area contributed by atoms with Crippen LogP contribution in [-0.4, -0.2) is 35.0 Å². The van der Waals surface area contributed by atoms with Crippen molar-refractivity contribution in [3.8, 4) is 0 Å². The first-order valence-corrected chi connectivity index (χ1v) is 8.57. The third-order valence-electron chi connectivity index (χ3n) is 3.99. The van der Waals surface area contributed by atoms with E-state index < -0.39 is 0 Å². The first kappa shape index (κ1) is 15.9. The van der Waals surface area contributed by atoms with Crippen molar-refractivity contribution < 1.29 is 0 Å². The van der Waals surface area contributed by atoms with Gasteiger partial charge in [-0.25, -0.2) is 9.97 Å². The van der Waals surface area contributed by atoms with Gasteiger partial charge in [-0.3, -0.25) is 0 Å². The van der Waals surface area contributed by atoms with Gasteiger partial charge in [-0.15, -0.1) is 11.3 Å². The van der Waals surface area contributed by atoms with Crippen molar-refractivity contribution in [3.05, 3.63) is 53.2 Å². The van der Waals surface area contributed by atoms with E-state index in [0.29, 0.717) is 0 Å². The van der Waals surface area contributed by atoms with Gasteiger partial charge in [0.05, 0.1) is 11.4 Å². The van der Waals surface area contributed by atoms with E-state index in [4.69, 9.17) is 0 Å². The predicted octanol–water partition coefficient (Wildman–Crippen LogP) is 4.10. The molecule has 0 unspecified atom stereocenters. The molecule has 2 heterocycles. The molecule has 4 nitrogen and oxygen atoms in total. The zero-order valence-electron chi connectivity index (χ0n) is 13.9. The number of hydrogen-bond acceptors (Lipinski definition) is 5. The molecule has 0 aliphatic heterocycles. The lowest BCUT2D eigenvalue weighted by Gasteiger charge is -2.31. The average Bonchev–Trinajstić information content (AvgIpc) is 2.89. The lowest BCUT2D eigenvalue weighted by atomic mass is 9.99. The van der Waals surface area contributed by atoms with Crippen molar-refractivity contribution in [1.82, 2.24) is 14.9 Å². The highest BCUT2D eigenvalue weighted by Crippen LogP contribution is 2.30. The van der Waals surface area contributed by atoms with Gasteiger partial charge in [-0.2, -0.15) is 0 Å². The molecule has 0 radical (unpaired) electrons. The molecule has 120 valence electrons. The van der Waals surface area contributed by atoms with Crippen LogP contribution in [0.5, 0.6) is 0 Å². The second-order valence-corrected chi connectivity index (χ2v) is 7.29. The molecule has 0 aliphatic rings. The van der Waals surface area contributed by atoms with Crippen molar-refractivity contribution in [2.45, 2.75) is 25.9 Å². The van der Waals surface area contributed by atoms with E-state index >= 15 is 0 Å². The summed E-state index contributed by atoms with van der Waals surface area (Å²) in [6.45, 7) is 4.30. The number of hydrogen-bond donors (Lipinski definition) is 1. The number of thiophene rings is 1. The molecule has 5 heteroatoms. The summed E-state index contributed by atoms with van der Waals surface area (Å²) in [6, 6.07) is 13.2. The fraction of sp³-hybridized carbons (Fsp3) is 0.333. The summed E-state index contributed by atoms with van der Waals surface area (Å²) in [5, 5.41) is 4.70. The van der Waals surface area contributed by atoms with Gasteiger partial charge in [0.15, 0.2) is 0 Å². The van der Waals surface area contributed by atoms with Gasteiger partial charge in [-0.1, -0.05) is 30.3 Å². The highest BCUT2D eigenvalue weighted by molar-refractivity contribution is 7.18. The van der Waals surface area contributed by atoms with Crippen LogP contribution in [0.15, 0.2) is 42.7 Å². The number of likely N-dealkylation sites (N-methyl/N-ethyl adjacent to an activating group) is 1. The van der Waals surface area contributed by atoms with Crippen LogP contribution in [0.25, 0.3) is 10.2 Å². The average molecular weight is 326 g/mol. The van der Waals surface area contributed by atoms with Crippen LogP contribution in [0.2, 0.25) is 0 Å². The van der Waals surface area contributed by atoms with E-state index in [1.807, 2.05) is 0 Å². The van der Waals surface area contributed by atoms with E-state index in [9.17, 15) is 0 Å². The zero-order valence-corrected chi connectivity index (χ0v) is 14.8. The summed E-state index contributed by atoms with van der Waals surface area (Å²) in [6.07, 6.45) is 1.64. The largest absolute Gasteiger partial charge is 0.365 e. The molecule has 2 atom stereocenters. The van der Waals surface area contributed by atoms with Crippen LogP contribution >= 0.6 is 11.3 Å². The van der Waals surface area contributed by atoms with Crippen LogP contribution in [0.3, 0.4) is 0 Å². The molecule has 3 rings (SSSR count). The Morgan fingerprint density at radius 1 is 1.13 bits per heavy atom. The fourth-order valence-corrected chi connectivity index (χ4v) is 3.92. The lowest BCUT2D eigenvalue weighted by Crippen LogP contribution is -2.34. The summed E-state index contributed by atoms with van der Waals surface area (Å²) in [5.41, 5.74) is 1.30. The minimum atomic E-state index is 0.214. The molecule has 0 saturated carbocycles. The van der Waals surface area contributed by atoms with E-state index in [0.717, 1.165) is 16.0 Å². The second-order valence-electron chi connectivity index (χ2n) is 6.05. The van der Waals surface area contributed by atoms with Gasteiger partial charge >= 0.3 is 0 Å². The summed E-state index contributed by atoms with van der Waals surface area (Å²) in [7, 11) is 4.22. The van der Waals surface area contributed by atoms with Gasteiger partial charge < -0.3 is 10.2 Å². The molecular formula is C18H22N4S. The van der Waals surface area contributed by atoms with Crippen LogP contribution in [0, 0.1) is 6.92 Å². The standard InChI is InChI=1S/C18H22N4S/c1-12-10-15-17(19-11-20-18(15)23-12)21-13(2)16(22(3)4)14-8-6-5-7-9-14/h5-11,13,16H,1-4H3,(H,19,20,21)/t13-,16+/m0/s1. The van der Waals surface area contributed by atoms with Gasteiger partial charge in [0.1, 0.15) is 17.0 Å². The molecule has 0 fully saturated rings. The predicted molar refractivity (Wildman–Crippen MR) is 98.1 cm³/mol. The SMILES string of the molecule is Cc1cc2c(N[C@@H](C)[C@H](c3ccccc3)N(C)C)ncnc2s1. The Morgan fingerprint density at radius 3 is 2.57 bits per heavy atom. The number of aromatic nitrogens is 2. The Labute approximate surface area is 141 Å². The molecule has 2 aromatic heterocycles. The number of benzene rings is 1. The lowest BCUT2D eigenvalue weighted by molar-refractivity contribution is 0.275. The Hall–Kier alpha value is -1.98. The van der Waals surface area contributed by atoms with Crippen molar-refractivity contribution in [3.63, 3.8) is 0 Å². The van der Waals surface area contributed by atoms with E-state index in [1.54, 1.807) is 17.7 Å². The zero-order chi connectivity index (χ0) is 16.4. The maximum Gasteiger partial charge on any atom is 0.138 e. The third-order valence-corrected chi connectivity index (χ3v) is 4.95. The molecule has 3 aromatic rings. The number of aryl methyl sites for hydroxylation is 1. The Morgan fingerprint density at radius 2 is 1.87 bits per heavy atom. The van der Waals surface area contributed by atoms with Gasteiger partial charge in [0, 0.05) is 10.9 Å². The third kappa shape index (κ3) is 3.35. The molecule has 1 aromatic carbocycles. The Bertz CT molecular complexity index is 782. The van der Waals surface area contributed by atoms with Gasteiger partial charge in [0.2, 0.25) is 0 Å². The molecule has 23 heavy (non-hydrogen) atoms. The number of rotatable bonds is 5. The first-order chi connectivity index (χ1) is 11.1. The highest BCUT2D eigenvalue weighted by atomic mass is 32.1. The maximum atomic E-state index is 4.46. The van der Waals surface area contributed by atoms with Crippen LogP contribution in [-0.2, 0) is 0 Å². The highest BCUT2D eigenvalue weighted by Gasteiger charge is 2.22. The smallest absolute Gasteiger partial charge is 0.138 e. The Balaban J connectivity index is 1.90. The van der Waals surface area contributed by atoms with E-state index in [-0.39, 0.29) is 12.1 Å². The maximum absolute atomic E-state index is 4.46. The van der Waals surface area contributed by atoms with Crippen molar-refractivity contribution in [2.75, 3.05) is 19.4 Å². The quantitative estimate of drug-likeness (QED) is 0.766. The van der Waals surface area contributed by atoms with Gasteiger partial charge in [-0.05, 0) is 39.6 Å². The minimum absolute atomic E-state index is 0.214. The molecule has 0 aliphatic carbocycles. The van der Waals surface area contributed by atoms with Crippen molar-refractivity contribution in [1.29, 1.82) is 0 Å². The van der Waals surface area contributed by atoms with E-state index in [1.165, 1.54) is 10.4 Å². The molecular weight excluding hydrogens is 304 g/mol. The molecule has 0 amide bonds. The number of fused-ring (bicyclic) bond motifs is 1.